The Kier molecular flexibility index (Phi) is 4.54. The topological polar surface area (TPSA) is 59.0 Å². The second-order valence-electron chi connectivity index (χ2n) is 6.66. The molecular formula is C20H15F3N4O. The summed E-state index contributed by atoms with van der Waals surface area (Å²) in [5, 5.41) is 8.06. The van der Waals surface area contributed by atoms with Gasteiger partial charge in [-0.3, -0.25) is 9.78 Å². The summed E-state index contributed by atoms with van der Waals surface area (Å²) in [7, 11) is 1.74. The monoisotopic (exact) mass is 384 g/mol. The van der Waals surface area contributed by atoms with Gasteiger partial charge in [-0.1, -0.05) is 0 Å². The van der Waals surface area contributed by atoms with Gasteiger partial charge in [0.2, 0.25) is 0 Å². The van der Waals surface area contributed by atoms with Gasteiger partial charge in [-0.15, -0.1) is 5.10 Å². The van der Waals surface area contributed by atoms with Crippen molar-refractivity contribution in [3.05, 3.63) is 76.4 Å². The average Bonchev–Trinajstić information content (AvgIpc) is 2.69. The third kappa shape index (κ3) is 3.21. The fourth-order valence-corrected chi connectivity index (χ4v) is 3.32. The predicted octanol–water partition coefficient (Wildman–Crippen LogP) is 3.17. The van der Waals surface area contributed by atoms with Gasteiger partial charge in [0.05, 0.1) is 11.9 Å². The molecule has 0 saturated heterocycles. The van der Waals surface area contributed by atoms with Crippen molar-refractivity contribution in [2.24, 2.45) is 0 Å². The van der Waals surface area contributed by atoms with E-state index < -0.39 is 17.5 Å². The SMILES string of the molecule is CN1CCc2c(ccnc2-c2cc(Cc3cc(F)c(F)c(F)c3)cnn2)C1=O. The molecule has 0 bridgehead atoms. The van der Waals surface area contributed by atoms with Crippen molar-refractivity contribution in [2.75, 3.05) is 13.6 Å². The van der Waals surface area contributed by atoms with Crippen molar-refractivity contribution in [2.45, 2.75) is 12.8 Å². The van der Waals surface area contributed by atoms with Crippen LogP contribution in [0.2, 0.25) is 0 Å². The van der Waals surface area contributed by atoms with Crippen LogP contribution in [0, 0.1) is 17.5 Å². The van der Waals surface area contributed by atoms with Crippen LogP contribution < -0.4 is 0 Å². The van der Waals surface area contributed by atoms with Gasteiger partial charge in [0.25, 0.3) is 5.91 Å². The second-order valence-corrected chi connectivity index (χ2v) is 6.66. The maximum Gasteiger partial charge on any atom is 0.254 e. The van der Waals surface area contributed by atoms with Gasteiger partial charge < -0.3 is 4.90 Å². The zero-order valence-electron chi connectivity index (χ0n) is 14.9. The minimum atomic E-state index is -1.49. The summed E-state index contributed by atoms with van der Waals surface area (Å²) < 4.78 is 40.1. The second kappa shape index (κ2) is 7.03. The highest BCUT2D eigenvalue weighted by Gasteiger charge is 2.25. The zero-order valence-corrected chi connectivity index (χ0v) is 14.9. The highest BCUT2D eigenvalue weighted by molar-refractivity contribution is 5.98. The first-order valence-corrected chi connectivity index (χ1v) is 8.63. The van der Waals surface area contributed by atoms with Crippen LogP contribution in [0.5, 0.6) is 0 Å². The largest absolute Gasteiger partial charge is 0.341 e. The van der Waals surface area contributed by atoms with E-state index in [4.69, 9.17) is 0 Å². The number of fused-ring (bicyclic) bond motifs is 1. The van der Waals surface area contributed by atoms with E-state index in [-0.39, 0.29) is 17.9 Å². The van der Waals surface area contributed by atoms with Crippen molar-refractivity contribution in [1.82, 2.24) is 20.1 Å². The number of amides is 1. The van der Waals surface area contributed by atoms with Crippen molar-refractivity contribution in [1.29, 1.82) is 0 Å². The van der Waals surface area contributed by atoms with Crippen LogP contribution in [0.1, 0.15) is 27.0 Å². The Morgan fingerprint density at radius 2 is 1.86 bits per heavy atom. The van der Waals surface area contributed by atoms with E-state index >= 15 is 0 Å². The lowest BCUT2D eigenvalue weighted by Gasteiger charge is -2.25. The van der Waals surface area contributed by atoms with Crippen LogP contribution in [-0.2, 0) is 12.8 Å². The number of carbonyl (C=O) groups is 1. The van der Waals surface area contributed by atoms with E-state index in [9.17, 15) is 18.0 Å². The highest BCUT2D eigenvalue weighted by atomic mass is 19.2. The van der Waals surface area contributed by atoms with Gasteiger partial charge in [0.1, 0.15) is 5.69 Å². The number of pyridine rings is 1. The Labute approximate surface area is 158 Å². The molecule has 4 rings (SSSR count). The minimum Gasteiger partial charge on any atom is -0.341 e. The van der Waals surface area contributed by atoms with Crippen LogP contribution >= 0.6 is 0 Å². The third-order valence-electron chi connectivity index (χ3n) is 4.74. The standard InChI is InChI=1S/C20H15F3N4O/c1-27-5-3-13-14(20(27)28)2-4-24-19(13)17-9-12(10-25-26-17)6-11-7-15(21)18(23)16(22)8-11/h2,4,7-10H,3,5-6H2,1H3. The molecule has 0 N–H and O–H groups in total. The maximum absolute atomic E-state index is 13.5. The molecule has 142 valence electrons. The molecule has 1 aliphatic rings. The normalized spacial score (nSPS) is 13.6. The van der Waals surface area contributed by atoms with Crippen molar-refractivity contribution in [3.63, 3.8) is 0 Å². The number of aromatic nitrogens is 3. The summed E-state index contributed by atoms with van der Waals surface area (Å²) in [5.41, 5.74) is 3.31. The molecule has 0 aliphatic carbocycles. The Morgan fingerprint density at radius 1 is 1.11 bits per heavy atom. The van der Waals surface area contributed by atoms with Crippen LogP contribution in [0.4, 0.5) is 13.2 Å². The van der Waals surface area contributed by atoms with Gasteiger partial charge in [0, 0.05) is 25.4 Å². The van der Waals surface area contributed by atoms with Crippen LogP contribution in [0.15, 0.2) is 36.7 Å². The summed E-state index contributed by atoms with van der Waals surface area (Å²) in [4.78, 5) is 18.4. The first-order valence-electron chi connectivity index (χ1n) is 8.63. The number of hydrogen-bond acceptors (Lipinski definition) is 4. The van der Waals surface area contributed by atoms with Crippen LogP contribution in [-0.4, -0.2) is 39.6 Å². The van der Waals surface area contributed by atoms with E-state index in [0.717, 1.165) is 17.7 Å². The number of hydrogen-bond donors (Lipinski definition) is 0. The molecule has 1 amide bonds. The fraction of sp³-hybridized carbons (Fsp3) is 0.200. The summed E-state index contributed by atoms with van der Waals surface area (Å²) in [5.74, 6) is -4.05. The molecule has 1 aliphatic heterocycles. The zero-order chi connectivity index (χ0) is 19.8. The van der Waals surface area contributed by atoms with E-state index in [2.05, 4.69) is 15.2 Å². The lowest BCUT2D eigenvalue weighted by atomic mass is 9.96. The van der Waals surface area contributed by atoms with Crippen molar-refractivity contribution < 1.29 is 18.0 Å². The molecule has 3 heterocycles. The smallest absolute Gasteiger partial charge is 0.254 e. The van der Waals surface area contributed by atoms with E-state index in [1.54, 1.807) is 30.3 Å². The number of nitrogens with zero attached hydrogens (tertiary/aromatic N) is 4. The maximum atomic E-state index is 13.5. The summed E-state index contributed by atoms with van der Waals surface area (Å²) in [6, 6.07) is 5.29. The lowest BCUT2D eigenvalue weighted by molar-refractivity contribution is 0.0781. The molecule has 5 nitrogen and oxygen atoms in total. The number of rotatable bonds is 3. The minimum absolute atomic E-state index is 0.0775. The number of benzene rings is 1. The van der Waals surface area contributed by atoms with Gasteiger partial charge >= 0.3 is 0 Å². The summed E-state index contributed by atoms with van der Waals surface area (Å²) in [6.45, 7) is 0.575. The Balaban J connectivity index is 1.70. The number of halogens is 3. The molecule has 1 aromatic carbocycles. The molecule has 0 saturated carbocycles. The molecule has 0 fully saturated rings. The molecule has 0 spiro atoms. The Bertz CT molecular complexity index is 1060. The van der Waals surface area contributed by atoms with Gasteiger partial charge in [-0.2, -0.15) is 5.10 Å². The van der Waals surface area contributed by atoms with Gasteiger partial charge in [0.15, 0.2) is 17.5 Å². The quantitative estimate of drug-likeness (QED) is 0.651. The fourth-order valence-electron chi connectivity index (χ4n) is 3.32. The summed E-state index contributed by atoms with van der Waals surface area (Å²) in [6.07, 6.45) is 3.80. The molecule has 0 unspecified atom stereocenters. The average molecular weight is 384 g/mol. The van der Waals surface area contributed by atoms with Crippen LogP contribution in [0.25, 0.3) is 11.4 Å². The first kappa shape index (κ1) is 18.1. The van der Waals surface area contributed by atoms with Crippen LogP contribution in [0.3, 0.4) is 0 Å². The van der Waals surface area contributed by atoms with E-state index in [1.807, 2.05) is 0 Å². The molecule has 0 radical (unpaired) electrons. The first-order chi connectivity index (χ1) is 13.4. The third-order valence-corrected chi connectivity index (χ3v) is 4.74. The number of carbonyl (C=O) groups excluding carboxylic acids is 1. The highest BCUT2D eigenvalue weighted by Crippen LogP contribution is 2.27. The molecule has 28 heavy (non-hydrogen) atoms. The Hall–Kier alpha value is -3.29. The lowest BCUT2D eigenvalue weighted by Crippen LogP contribution is -2.34. The molecular weight excluding hydrogens is 369 g/mol. The van der Waals surface area contributed by atoms with Crippen molar-refractivity contribution in [3.8, 4) is 11.4 Å². The van der Waals surface area contributed by atoms with Gasteiger partial charge in [-0.25, -0.2) is 13.2 Å². The summed E-state index contributed by atoms with van der Waals surface area (Å²) >= 11 is 0. The van der Waals surface area contributed by atoms with E-state index in [1.165, 1.54) is 6.20 Å². The van der Waals surface area contributed by atoms with Gasteiger partial charge in [-0.05, 0) is 53.8 Å². The molecule has 3 aromatic rings. The van der Waals surface area contributed by atoms with E-state index in [0.29, 0.717) is 35.5 Å². The Morgan fingerprint density at radius 3 is 2.61 bits per heavy atom. The van der Waals surface area contributed by atoms with Crippen molar-refractivity contribution >= 4 is 5.91 Å². The molecule has 8 heteroatoms. The predicted molar refractivity (Wildman–Crippen MR) is 95.0 cm³/mol. The molecule has 2 aromatic heterocycles. The number of likely N-dealkylation sites (N-methyl/N-ethyl adjacent to an activating group) is 1. The molecule has 0 atom stereocenters.